The van der Waals surface area contributed by atoms with Crippen molar-refractivity contribution in [3.8, 4) is 28.4 Å². The predicted molar refractivity (Wildman–Crippen MR) is 144 cm³/mol. The number of fused-ring (bicyclic) bond motifs is 4. The van der Waals surface area contributed by atoms with Crippen LogP contribution in [-0.2, 0) is 24.2 Å². The molecule has 0 spiro atoms. The molecule has 6 heteroatoms. The van der Waals surface area contributed by atoms with E-state index >= 15 is 0 Å². The van der Waals surface area contributed by atoms with E-state index in [4.69, 9.17) is 19.3 Å². The number of hydrogen-bond acceptors (Lipinski definition) is 5. The topological polar surface area (TPSA) is 65.0 Å². The van der Waals surface area contributed by atoms with Crippen molar-refractivity contribution in [2.45, 2.75) is 45.1 Å². The lowest BCUT2D eigenvalue weighted by molar-refractivity contribution is -0.137. The minimum atomic E-state index is -0.809. The van der Waals surface area contributed by atoms with E-state index in [0.717, 1.165) is 60.0 Å². The van der Waals surface area contributed by atoms with Gasteiger partial charge in [0.1, 0.15) is 23.9 Å². The number of carboxylic acid groups (broad SMARTS) is 1. The van der Waals surface area contributed by atoms with E-state index in [9.17, 15) is 4.79 Å². The Kier molecular flexibility index (Phi) is 7.42. The Balaban J connectivity index is 1.30. The van der Waals surface area contributed by atoms with E-state index in [0.29, 0.717) is 13.2 Å². The Hall–Kier alpha value is -3.12. The van der Waals surface area contributed by atoms with Crippen LogP contribution in [0.25, 0.3) is 11.1 Å². The molecule has 2 aliphatic rings. The molecule has 0 bridgehead atoms. The third-order valence-electron chi connectivity index (χ3n) is 6.95. The van der Waals surface area contributed by atoms with Crippen LogP contribution in [0.2, 0.25) is 0 Å². The van der Waals surface area contributed by atoms with Gasteiger partial charge in [-0.25, -0.2) is 0 Å². The fourth-order valence-electron chi connectivity index (χ4n) is 5.21. The summed E-state index contributed by atoms with van der Waals surface area (Å²) in [5.74, 6) is 2.63. The molecule has 5 nitrogen and oxygen atoms in total. The maximum atomic E-state index is 11.1. The van der Waals surface area contributed by atoms with Crippen LogP contribution >= 0.6 is 11.8 Å². The number of ether oxygens (including phenoxy) is 3. The summed E-state index contributed by atoms with van der Waals surface area (Å²) in [6.07, 6.45) is 5.31. The molecule has 1 aliphatic carbocycles. The summed E-state index contributed by atoms with van der Waals surface area (Å²) in [7, 11) is 0. The summed E-state index contributed by atoms with van der Waals surface area (Å²) >= 11 is 1.85. The zero-order valence-electron chi connectivity index (χ0n) is 20.8. The second-order valence-electron chi connectivity index (χ2n) is 9.55. The maximum absolute atomic E-state index is 11.1. The van der Waals surface area contributed by atoms with Gasteiger partial charge in [-0.15, -0.1) is 0 Å². The monoisotopic (exact) mass is 504 g/mol. The zero-order chi connectivity index (χ0) is 25.1. The van der Waals surface area contributed by atoms with Crippen LogP contribution in [0.15, 0.2) is 48.5 Å². The minimum absolute atomic E-state index is 0.0782. The van der Waals surface area contributed by atoms with Crippen molar-refractivity contribution in [1.82, 2.24) is 0 Å². The van der Waals surface area contributed by atoms with Gasteiger partial charge in [0.15, 0.2) is 0 Å². The molecule has 0 saturated carbocycles. The summed E-state index contributed by atoms with van der Waals surface area (Å²) in [6, 6.07) is 16.7. The Morgan fingerprint density at radius 3 is 2.75 bits per heavy atom. The van der Waals surface area contributed by atoms with Crippen molar-refractivity contribution in [1.29, 1.82) is 0 Å². The second kappa shape index (κ2) is 10.9. The maximum Gasteiger partial charge on any atom is 0.304 e. The Morgan fingerprint density at radius 2 is 1.92 bits per heavy atom. The Morgan fingerprint density at radius 1 is 1.06 bits per heavy atom. The van der Waals surface area contributed by atoms with Crippen LogP contribution in [0, 0.1) is 6.92 Å². The zero-order valence-corrected chi connectivity index (χ0v) is 21.7. The molecule has 1 heterocycles. The van der Waals surface area contributed by atoms with Crippen LogP contribution < -0.4 is 14.2 Å². The third kappa shape index (κ3) is 5.34. The van der Waals surface area contributed by atoms with Gasteiger partial charge in [0, 0.05) is 17.5 Å². The van der Waals surface area contributed by atoms with Gasteiger partial charge in [0.05, 0.1) is 19.6 Å². The van der Waals surface area contributed by atoms with Gasteiger partial charge in [-0.2, -0.15) is 11.8 Å². The summed E-state index contributed by atoms with van der Waals surface area (Å²) in [6.45, 7) is 3.79. The SMILES string of the molecule is CSCCCOc1cc(C)c2c(c1)CCc1ccc(COc3ccc4c(c3)OC[C@H]4CC(=O)O)cc1-2. The number of hydrogen-bond donors (Lipinski definition) is 1. The van der Waals surface area contributed by atoms with Gasteiger partial charge in [-0.3, -0.25) is 4.79 Å². The predicted octanol–water partition coefficient (Wildman–Crippen LogP) is 6.42. The van der Waals surface area contributed by atoms with E-state index in [1.165, 1.54) is 27.8 Å². The van der Waals surface area contributed by atoms with Crippen molar-refractivity contribution in [3.05, 3.63) is 76.3 Å². The average Bonchev–Trinajstić information content (AvgIpc) is 3.26. The highest BCUT2D eigenvalue weighted by Crippen LogP contribution is 2.40. The van der Waals surface area contributed by atoms with Crippen LogP contribution in [0.1, 0.15) is 46.6 Å². The smallest absolute Gasteiger partial charge is 0.304 e. The molecule has 0 saturated heterocycles. The first kappa shape index (κ1) is 24.6. The molecule has 5 rings (SSSR count). The largest absolute Gasteiger partial charge is 0.494 e. The first-order chi connectivity index (χ1) is 17.5. The fraction of sp³-hybridized carbons (Fsp3) is 0.367. The molecule has 0 amide bonds. The van der Waals surface area contributed by atoms with E-state index in [1.54, 1.807) is 0 Å². The number of rotatable bonds is 10. The Labute approximate surface area is 216 Å². The van der Waals surface area contributed by atoms with Gasteiger partial charge >= 0.3 is 5.97 Å². The minimum Gasteiger partial charge on any atom is -0.494 e. The molecule has 1 N–H and O–H groups in total. The molecule has 0 aromatic heterocycles. The van der Waals surface area contributed by atoms with E-state index in [1.807, 2.05) is 30.0 Å². The van der Waals surface area contributed by atoms with Crippen LogP contribution in [0.5, 0.6) is 17.2 Å². The van der Waals surface area contributed by atoms with Crippen LogP contribution in [0.3, 0.4) is 0 Å². The first-order valence-corrected chi connectivity index (χ1v) is 13.9. The Bertz CT molecular complexity index is 1270. The van der Waals surface area contributed by atoms with E-state index < -0.39 is 5.97 Å². The molecule has 3 aromatic rings. The van der Waals surface area contributed by atoms with Crippen molar-refractivity contribution in [2.75, 3.05) is 25.2 Å². The van der Waals surface area contributed by atoms with Crippen LogP contribution in [0.4, 0.5) is 0 Å². The molecule has 0 fully saturated rings. The number of benzene rings is 3. The second-order valence-corrected chi connectivity index (χ2v) is 10.5. The lowest BCUT2D eigenvalue weighted by atomic mass is 9.82. The molecular formula is C30H32O5S. The quantitative estimate of drug-likeness (QED) is 0.321. The van der Waals surface area contributed by atoms with Crippen molar-refractivity contribution >= 4 is 17.7 Å². The first-order valence-electron chi connectivity index (χ1n) is 12.5. The average molecular weight is 505 g/mol. The summed E-state index contributed by atoms with van der Waals surface area (Å²) in [4.78, 5) is 11.1. The number of thioether (sulfide) groups is 1. The van der Waals surface area contributed by atoms with Gasteiger partial charge in [-0.05, 0) is 95.8 Å². The number of carbonyl (C=O) groups is 1. The fourth-order valence-corrected chi connectivity index (χ4v) is 5.62. The number of carboxylic acids is 1. The highest BCUT2D eigenvalue weighted by molar-refractivity contribution is 7.98. The van der Waals surface area contributed by atoms with Gasteiger partial charge in [0.25, 0.3) is 0 Å². The van der Waals surface area contributed by atoms with Crippen molar-refractivity contribution < 1.29 is 24.1 Å². The molecule has 1 aliphatic heterocycles. The summed E-state index contributed by atoms with van der Waals surface area (Å²) in [5.41, 5.74) is 8.65. The number of aliphatic carboxylic acids is 1. The molecule has 1 atom stereocenters. The molecule has 0 radical (unpaired) electrons. The standard InChI is InChI=1S/C30H32O5S/c1-19-12-25(33-10-3-11-36-2)14-22-7-6-21-5-4-20(13-27(21)30(19)22)17-34-24-8-9-26-23(15-29(31)32)18-35-28(26)16-24/h4-5,8-9,12-14,16,23H,3,6-7,10-11,15,17-18H2,1-2H3,(H,31,32)/t23-/m1/s1. The van der Waals surface area contributed by atoms with Gasteiger partial charge in [0.2, 0.25) is 0 Å². The highest BCUT2D eigenvalue weighted by Gasteiger charge is 2.27. The normalized spacial score (nSPS) is 15.4. The summed E-state index contributed by atoms with van der Waals surface area (Å²) in [5, 5.41) is 9.11. The lowest BCUT2D eigenvalue weighted by Gasteiger charge is -2.24. The molecule has 0 unspecified atom stereocenters. The van der Waals surface area contributed by atoms with Gasteiger partial charge in [-0.1, -0.05) is 18.2 Å². The molecule has 3 aromatic carbocycles. The van der Waals surface area contributed by atoms with Crippen LogP contribution in [-0.4, -0.2) is 36.3 Å². The highest BCUT2D eigenvalue weighted by atomic mass is 32.2. The van der Waals surface area contributed by atoms with E-state index in [-0.39, 0.29) is 12.3 Å². The molecule has 36 heavy (non-hydrogen) atoms. The lowest BCUT2D eigenvalue weighted by Crippen LogP contribution is -2.08. The number of aryl methyl sites for hydroxylation is 3. The third-order valence-corrected chi connectivity index (χ3v) is 7.65. The summed E-state index contributed by atoms with van der Waals surface area (Å²) < 4.78 is 17.9. The van der Waals surface area contributed by atoms with Gasteiger partial charge < -0.3 is 19.3 Å². The molecule has 188 valence electrons. The molecular weight excluding hydrogens is 472 g/mol. The van der Waals surface area contributed by atoms with Crippen molar-refractivity contribution in [3.63, 3.8) is 0 Å². The van der Waals surface area contributed by atoms with E-state index in [2.05, 4.69) is 43.5 Å². The van der Waals surface area contributed by atoms with Crippen molar-refractivity contribution in [2.24, 2.45) is 0 Å².